The van der Waals surface area contributed by atoms with E-state index in [-0.39, 0.29) is 0 Å². The van der Waals surface area contributed by atoms with E-state index in [4.69, 9.17) is 11.6 Å². The van der Waals surface area contributed by atoms with Crippen LogP contribution in [0.2, 0.25) is 0 Å². The first-order valence-electron chi connectivity index (χ1n) is 6.38. The highest BCUT2D eigenvalue weighted by atomic mass is 35.5. The molecule has 2 aromatic rings. The molecule has 1 aromatic carbocycles. The molecule has 98 valence electrons. The van der Waals surface area contributed by atoms with Gasteiger partial charge in [0.25, 0.3) is 0 Å². The highest BCUT2D eigenvalue weighted by Gasteiger charge is 2.07. The fourth-order valence-electron chi connectivity index (χ4n) is 2.26. The lowest BCUT2D eigenvalue weighted by Gasteiger charge is -2.09. The van der Waals surface area contributed by atoms with Gasteiger partial charge in [-0.05, 0) is 44.9 Å². The fraction of sp³-hybridized carbons (Fsp3) is 0.235. The predicted octanol–water partition coefficient (Wildman–Crippen LogP) is 5.27. The highest BCUT2D eigenvalue weighted by Crippen LogP contribution is 2.26. The summed E-state index contributed by atoms with van der Waals surface area (Å²) in [4.78, 5) is 4.48. The summed E-state index contributed by atoms with van der Waals surface area (Å²) in [6.07, 6.45) is 3.76. The second-order valence-electron chi connectivity index (χ2n) is 4.90. The molecule has 0 radical (unpaired) electrons. The minimum atomic E-state index is 0.699. The van der Waals surface area contributed by atoms with E-state index < -0.39 is 0 Å². The van der Waals surface area contributed by atoms with Crippen LogP contribution in [0.3, 0.4) is 0 Å². The van der Waals surface area contributed by atoms with Crippen molar-refractivity contribution < 1.29 is 0 Å². The van der Waals surface area contributed by atoms with Crippen molar-refractivity contribution in [3.8, 4) is 11.1 Å². The number of pyridine rings is 1. The van der Waals surface area contributed by atoms with Gasteiger partial charge in [-0.15, -0.1) is 0 Å². The van der Waals surface area contributed by atoms with Crippen LogP contribution in [0.1, 0.15) is 29.3 Å². The molecule has 0 saturated carbocycles. The Kier molecular flexibility index (Phi) is 4.06. The zero-order valence-electron chi connectivity index (χ0n) is 11.8. The van der Waals surface area contributed by atoms with Gasteiger partial charge in [0.2, 0.25) is 0 Å². The molecule has 1 heterocycles. The van der Waals surface area contributed by atoms with E-state index in [9.17, 15) is 0 Å². The van der Waals surface area contributed by atoms with Crippen LogP contribution in [-0.4, -0.2) is 4.98 Å². The highest BCUT2D eigenvalue weighted by molar-refractivity contribution is 6.48. The smallest absolute Gasteiger partial charge is 0.0842 e. The molecule has 2 rings (SSSR count). The maximum atomic E-state index is 6.14. The Hall–Kier alpha value is -1.60. The van der Waals surface area contributed by atoms with Crippen LogP contribution in [0.25, 0.3) is 16.2 Å². The van der Waals surface area contributed by atoms with Crippen LogP contribution in [0, 0.1) is 20.8 Å². The molecular weight excluding hydrogens is 254 g/mol. The summed E-state index contributed by atoms with van der Waals surface area (Å²) in [7, 11) is 0. The number of aryl methyl sites for hydroxylation is 3. The fourth-order valence-corrected chi connectivity index (χ4v) is 2.46. The van der Waals surface area contributed by atoms with E-state index in [0.29, 0.717) is 5.03 Å². The standard InChI is InChI=1S/C17H18ClN/c1-5-16(18)17-13(4)9-15(10-19-17)14-7-11(2)6-12(3)8-14/h5-10H,1-4H3/b16-5+. The second-order valence-corrected chi connectivity index (χ2v) is 5.31. The number of nitrogens with zero attached hydrogens (tertiary/aromatic N) is 1. The van der Waals surface area contributed by atoms with Gasteiger partial charge in [0.05, 0.1) is 10.7 Å². The average Bonchev–Trinajstić information content (AvgIpc) is 2.36. The van der Waals surface area contributed by atoms with Crippen molar-refractivity contribution >= 4 is 16.6 Å². The summed E-state index contributed by atoms with van der Waals surface area (Å²) in [5.41, 5.74) is 6.83. The number of allylic oxidation sites excluding steroid dienone is 1. The maximum Gasteiger partial charge on any atom is 0.0842 e. The van der Waals surface area contributed by atoms with E-state index in [2.05, 4.69) is 43.1 Å². The molecule has 1 aromatic heterocycles. The summed E-state index contributed by atoms with van der Waals surface area (Å²) in [6.45, 7) is 8.19. The Morgan fingerprint density at radius 2 is 1.63 bits per heavy atom. The number of rotatable bonds is 2. The van der Waals surface area contributed by atoms with Gasteiger partial charge in [-0.2, -0.15) is 0 Å². The van der Waals surface area contributed by atoms with Crippen molar-refractivity contribution in [3.05, 3.63) is 58.9 Å². The lowest BCUT2D eigenvalue weighted by atomic mass is 10.0. The molecule has 0 spiro atoms. The van der Waals surface area contributed by atoms with Gasteiger partial charge in [0.1, 0.15) is 0 Å². The van der Waals surface area contributed by atoms with Crippen molar-refractivity contribution in [1.82, 2.24) is 4.98 Å². The van der Waals surface area contributed by atoms with Crippen LogP contribution in [0.5, 0.6) is 0 Å². The Bertz CT molecular complexity index is 621. The number of halogens is 1. The third kappa shape index (κ3) is 3.05. The van der Waals surface area contributed by atoms with Crippen molar-refractivity contribution in [3.63, 3.8) is 0 Å². The molecule has 0 aliphatic rings. The normalized spacial score (nSPS) is 11.7. The second kappa shape index (κ2) is 5.58. The molecule has 2 heteroatoms. The van der Waals surface area contributed by atoms with Gasteiger partial charge < -0.3 is 0 Å². The number of hydrogen-bond acceptors (Lipinski definition) is 1. The van der Waals surface area contributed by atoms with E-state index in [0.717, 1.165) is 16.8 Å². The molecular formula is C17H18ClN. The number of aromatic nitrogens is 1. The van der Waals surface area contributed by atoms with Crippen LogP contribution in [0.4, 0.5) is 0 Å². The van der Waals surface area contributed by atoms with Crippen molar-refractivity contribution in [1.29, 1.82) is 0 Å². The third-order valence-electron chi connectivity index (χ3n) is 3.11. The molecule has 0 bridgehead atoms. The van der Waals surface area contributed by atoms with Crippen LogP contribution in [0.15, 0.2) is 36.5 Å². The van der Waals surface area contributed by atoms with Gasteiger partial charge in [0.15, 0.2) is 0 Å². The molecule has 0 fully saturated rings. The molecule has 0 N–H and O–H groups in total. The van der Waals surface area contributed by atoms with E-state index >= 15 is 0 Å². The molecule has 0 unspecified atom stereocenters. The Morgan fingerprint density at radius 1 is 1.00 bits per heavy atom. The van der Waals surface area contributed by atoms with E-state index in [1.54, 1.807) is 0 Å². The average molecular weight is 272 g/mol. The monoisotopic (exact) mass is 271 g/mol. The molecule has 1 nitrogen and oxygen atoms in total. The van der Waals surface area contributed by atoms with Crippen LogP contribution < -0.4 is 0 Å². The first-order valence-corrected chi connectivity index (χ1v) is 6.76. The van der Waals surface area contributed by atoms with Crippen molar-refractivity contribution in [2.75, 3.05) is 0 Å². The predicted molar refractivity (Wildman–Crippen MR) is 83.4 cm³/mol. The van der Waals surface area contributed by atoms with Gasteiger partial charge in [0, 0.05) is 11.8 Å². The van der Waals surface area contributed by atoms with Gasteiger partial charge in [-0.25, -0.2) is 0 Å². The first kappa shape index (κ1) is 13.8. The molecule has 0 saturated heterocycles. The zero-order chi connectivity index (χ0) is 14.0. The minimum Gasteiger partial charge on any atom is -0.254 e. The van der Waals surface area contributed by atoms with Crippen molar-refractivity contribution in [2.45, 2.75) is 27.7 Å². The van der Waals surface area contributed by atoms with Gasteiger partial charge in [-0.3, -0.25) is 4.98 Å². The SMILES string of the molecule is C/C=C(/Cl)c1ncc(-c2cc(C)cc(C)c2)cc1C. The number of benzene rings is 1. The molecule has 0 atom stereocenters. The molecule has 0 amide bonds. The topological polar surface area (TPSA) is 12.9 Å². The molecule has 0 aliphatic heterocycles. The minimum absolute atomic E-state index is 0.699. The Morgan fingerprint density at radius 3 is 2.16 bits per heavy atom. The van der Waals surface area contributed by atoms with Crippen LogP contribution in [-0.2, 0) is 0 Å². The summed E-state index contributed by atoms with van der Waals surface area (Å²) in [5, 5.41) is 0.699. The largest absolute Gasteiger partial charge is 0.254 e. The van der Waals surface area contributed by atoms with Crippen molar-refractivity contribution in [2.24, 2.45) is 0 Å². The third-order valence-corrected chi connectivity index (χ3v) is 3.51. The summed E-state index contributed by atoms with van der Waals surface area (Å²) in [6, 6.07) is 8.68. The molecule has 0 aliphatic carbocycles. The molecule has 19 heavy (non-hydrogen) atoms. The van der Waals surface area contributed by atoms with Gasteiger partial charge in [-0.1, -0.05) is 47.0 Å². The quantitative estimate of drug-likeness (QED) is 0.725. The zero-order valence-corrected chi connectivity index (χ0v) is 12.5. The Balaban J connectivity index is 2.50. The maximum absolute atomic E-state index is 6.14. The first-order chi connectivity index (χ1) is 9.01. The summed E-state index contributed by atoms with van der Waals surface area (Å²) < 4.78 is 0. The van der Waals surface area contributed by atoms with Gasteiger partial charge >= 0.3 is 0 Å². The van der Waals surface area contributed by atoms with E-state index in [1.165, 1.54) is 16.7 Å². The van der Waals surface area contributed by atoms with Crippen LogP contribution >= 0.6 is 11.6 Å². The summed E-state index contributed by atoms with van der Waals surface area (Å²) in [5.74, 6) is 0. The number of hydrogen-bond donors (Lipinski definition) is 0. The Labute approximate surface area is 120 Å². The lowest BCUT2D eigenvalue weighted by Crippen LogP contribution is -1.92. The van der Waals surface area contributed by atoms with E-state index in [1.807, 2.05) is 26.1 Å². The lowest BCUT2D eigenvalue weighted by molar-refractivity contribution is 1.23. The summed E-state index contributed by atoms with van der Waals surface area (Å²) >= 11 is 6.14.